The summed E-state index contributed by atoms with van der Waals surface area (Å²) in [6, 6.07) is 2.11. The van der Waals surface area contributed by atoms with E-state index >= 15 is 0 Å². The Bertz CT molecular complexity index is 406. The summed E-state index contributed by atoms with van der Waals surface area (Å²) < 4.78 is 0. The number of nitrogen functional groups attached to an aromatic ring is 1. The highest BCUT2D eigenvalue weighted by molar-refractivity contribution is 5.30. The van der Waals surface area contributed by atoms with E-state index in [9.17, 15) is 0 Å². The van der Waals surface area contributed by atoms with Crippen LogP contribution >= 0.6 is 0 Å². The lowest BCUT2D eigenvalue weighted by Gasteiger charge is -2.26. The van der Waals surface area contributed by atoms with Crippen molar-refractivity contribution < 1.29 is 0 Å². The Hall–Kier alpha value is -1.20. The first kappa shape index (κ1) is 13.2. The highest BCUT2D eigenvalue weighted by Crippen LogP contribution is 2.21. The Morgan fingerprint density at radius 2 is 2.11 bits per heavy atom. The lowest BCUT2D eigenvalue weighted by Crippen LogP contribution is -2.32. The lowest BCUT2D eigenvalue weighted by molar-refractivity contribution is 0.219. The number of aromatic nitrogens is 2. The molecule has 0 radical (unpaired) electrons. The van der Waals surface area contributed by atoms with Crippen LogP contribution in [0.5, 0.6) is 0 Å². The second-order valence-electron chi connectivity index (χ2n) is 5.11. The molecule has 100 valence electrons. The molecule has 1 unspecified atom stereocenters. The second-order valence-corrected chi connectivity index (χ2v) is 5.11. The van der Waals surface area contributed by atoms with Crippen molar-refractivity contribution in [1.29, 1.82) is 0 Å². The maximum atomic E-state index is 5.88. The van der Waals surface area contributed by atoms with Gasteiger partial charge in [-0.2, -0.15) is 0 Å². The van der Waals surface area contributed by atoms with Crippen LogP contribution in [0.3, 0.4) is 0 Å². The third kappa shape index (κ3) is 2.97. The van der Waals surface area contributed by atoms with Crippen molar-refractivity contribution in [3.05, 3.63) is 17.6 Å². The van der Waals surface area contributed by atoms with Gasteiger partial charge in [0.15, 0.2) is 0 Å². The molecule has 0 aromatic carbocycles. The molecule has 2 heterocycles. The second kappa shape index (κ2) is 5.63. The topological polar surface area (TPSA) is 58.3 Å². The zero-order chi connectivity index (χ0) is 13.1. The summed E-state index contributed by atoms with van der Waals surface area (Å²) in [6.07, 6.45) is 2.08. The number of hydrogen-bond donors (Lipinski definition) is 1. The Balaban J connectivity index is 2.29. The van der Waals surface area contributed by atoms with E-state index in [-0.39, 0.29) is 6.04 Å². The van der Waals surface area contributed by atoms with E-state index in [1.54, 1.807) is 0 Å². The van der Waals surface area contributed by atoms with Crippen LogP contribution in [0.2, 0.25) is 0 Å². The molecule has 1 aliphatic heterocycles. The van der Waals surface area contributed by atoms with Crippen LogP contribution in [0.25, 0.3) is 0 Å². The van der Waals surface area contributed by atoms with E-state index in [0.29, 0.717) is 5.82 Å². The fraction of sp³-hybridized carbons (Fsp3) is 0.692. The zero-order valence-corrected chi connectivity index (χ0v) is 11.6. The summed E-state index contributed by atoms with van der Waals surface area (Å²) >= 11 is 0. The first-order valence-corrected chi connectivity index (χ1v) is 6.62. The van der Waals surface area contributed by atoms with Crippen LogP contribution in [0.1, 0.15) is 30.9 Å². The molecule has 1 atom stereocenters. The average Bonchev–Trinajstić information content (AvgIpc) is 2.50. The van der Waals surface area contributed by atoms with Crippen molar-refractivity contribution in [3.63, 3.8) is 0 Å². The minimum Gasteiger partial charge on any atom is -0.384 e. The van der Waals surface area contributed by atoms with E-state index in [4.69, 9.17) is 5.73 Å². The van der Waals surface area contributed by atoms with Crippen molar-refractivity contribution in [1.82, 2.24) is 19.8 Å². The molecule has 0 bridgehead atoms. The maximum absolute atomic E-state index is 5.88. The first-order valence-electron chi connectivity index (χ1n) is 6.62. The largest absolute Gasteiger partial charge is 0.384 e. The SMILES string of the molecule is CCc1cc(N)nc(C2CN(C)CCCN2C)n1. The van der Waals surface area contributed by atoms with Crippen molar-refractivity contribution in [3.8, 4) is 0 Å². The lowest BCUT2D eigenvalue weighted by atomic mass is 10.2. The van der Waals surface area contributed by atoms with Crippen molar-refractivity contribution >= 4 is 5.82 Å². The molecule has 18 heavy (non-hydrogen) atoms. The first-order chi connectivity index (χ1) is 8.60. The van der Waals surface area contributed by atoms with Gasteiger partial charge in [0.25, 0.3) is 0 Å². The molecule has 2 rings (SSSR count). The monoisotopic (exact) mass is 249 g/mol. The summed E-state index contributed by atoms with van der Waals surface area (Å²) in [5.74, 6) is 1.44. The fourth-order valence-electron chi connectivity index (χ4n) is 2.42. The van der Waals surface area contributed by atoms with E-state index in [0.717, 1.165) is 37.6 Å². The van der Waals surface area contributed by atoms with Crippen LogP contribution in [-0.2, 0) is 6.42 Å². The summed E-state index contributed by atoms with van der Waals surface area (Å²) in [5, 5.41) is 0. The van der Waals surface area contributed by atoms with E-state index in [2.05, 4.69) is 40.8 Å². The third-order valence-electron chi connectivity index (χ3n) is 3.54. The van der Waals surface area contributed by atoms with Gasteiger partial charge in [0, 0.05) is 18.3 Å². The molecule has 1 aliphatic rings. The van der Waals surface area contributed by atoms with Gasteiger partial charge in [-0.25, -0.2) is 9.97 Å². The summed E-state index contributed by atoms with van der Waals surface area (Å²) in [6.45, 7) is 5.26. The van der Waals surface area contributed by atoms with Gasteiger partial charge in [-0.05, 0) is 40.0 Å². The number of nitrogens with zero attached hydrogens (tertiary/aromatic N) is 4. The van der Waals surface area contributed by atoms with E-state index in [1.165, 1.54) is 6.42 Å². The van der Waals surface area contributed by atoms with Crippen molar-refractivity contribution in [2.45, 2.75) is 25.8 Å². The van der Waals surface area contributed by atoms with Gasteiger partial charge >= 0.3 is 0 Å². The number of rotatable bonds is 2. The van der Waals surface area contributed by atoms with E-state index < -0.39 is 0 Å². The van der Waals surface area contributed by atoms with Gasteiger partial charge in [0.1, 0.15) is 11.6 Å². The third-order valence-corrected chi connectivity index (χ3v) is 3.54. The molecular formula is C13H23N5. The molecule has 0 amide bonds. The molecule has 1 aromatic heterocycles. The average molecular weight is 249 g/mol. The Morgan fingerprint density at radius 3 is 2.83 bits per heavy atom. The molecule has 1 aromatic rings. The summed E-state index contributed by atoms with van der Waals surface area (Å²) in [5.41, 5.74) is 6.90. The molecule has 0 aliphatic carbocycles. The quantitative estimate of drug-likeness (QED) is 0.845. The number of aryl methyl sites for hydroxylation is 1. The van der Waals surface area contributed by atoms with Gasteiger partial charge in [-0.1, -0.05) is 6.92 Å². The number of likely N-dealkylation sites (N-methyl/N-ethyl adjacent to an activating group) is 2. The molecule has 0 spiro atoms. The predicted molar refractivity (Wildman–Crippen MR) is 73.3 cm³/mol. The normalized spacial score (nSPS) is 22.9. The van der Waals surface area contributed by atoms with Gasteiger partial charge in [0.05, 0.1) is 6.04 Å². The molecule has 2 N–H and O–H groups in total. The molecule has 1 fully saturated rings. The summed E-state index contributed by atoms with van der Waals surface area (Å²) in [7, 11) is 4.29. The number of hydrogen-bond acceptors (Lipinski definition) is 5. The molecule has 0 saturated carbocycles. The molecule has 5 nitrogen and oxygen atoms in total. The standard InChI is InChI=1S/C13H23N5/c1-4-10-8-12(14)16-13(15-10)11-9-17(2)6-5-7-18(11)3/h8,11H,4-7,9H2,1-3H3,(H2,14,15,16). The predicted octanol–water partition coefficient (Wildman–Crippen LogP) is 0.930. The van der Waals surface area contributed by atoms with Crippen molar-refractivity contribution in [2.75, 3.05) is 39.5 Å². The highest BCUT2D eigenvalue weighted by atomic mass is 15.2. The van der Waals surface area contributed by atoms with Crippen LogP contribution in [0.15, 0.2) is 6.07 Å². The minimum absolute atomic E-state index is 0.242. The van der Waals surface area contributed by atoms with Gasteiger partial charge in [0.2, 0.25) is 0 Å². The van der Waals surface area contributed by atoms with Crippen LogP contribution in [-0.4, -0.2) is 53.5 Å². The highest BCUT2D eigenvalue weighted by Gasteiger charge is 2.24. The van der Waals surface area contributed by atoms with E-state index in [1.807, 2.05) is 6.07 Å². The fourth-order valence-corrected chi connectivity index (χ4v) is 2.42. The zero-order valence-electron chi connectivity index (χ0n) is 11.6. The maximum Gasteiger partial charge on any atom is 0.149 e. The smallest absolute Gasteiger partial charge is 0.149 e. The summed E-state index contributed by atoms with van der Waals surface area (Å²) in [4.78, 5) is 13.7. The van der Waals surface area contributed by atoms with Crippen LogP contribution in [0.4, 0.5) is 5.82 Å². The van der Waals surface area contributed by atoms with Gasteiger partial charge in [-0.3, -0.25) is 4.90 Å². The van der Waals surface area contributed by atoms with Gasteiger partial charge in [-0.15, -0.1) is 0 Å². The number of nitrogens with two attached hydrogens (primary N) is 1. The minimum atomic E-state index is 0.242. The Labute approximate surface area is 109 Å². The molecule has 5 heteroatoms. The molecule has 1 saturated heterocycles. The van der Waals surface area contributed by atoms with Gasteiger partial charge < -0.3 is 10.6 Å². The Morgan fingerprint density at radius 1 is 1.33 bits per heavy atom. The molecular weight excluding hydrogens is 226 g/mol. The Kier molecular flexibility index (Phi) is 4.14. The van der Waals surface area contributed by atoms with Crippen LogP contribution in [0, 0.1) is 0 Å². The number of anilines is 1. The van der Waals surface area contributed by atoms with Crippen LogP contribution < -0.4 is 5.73 Å². The van der Waals surface area contributed by atoms with Crippen molar-refractivity contribution in [2.24, 2.45) is 0 Å².